The van der Waals surface area contributed by atoms with Crippen molar-refractivity contribution in [1.82, 2.24) is 10.3 Å². The van der Waals surface area contributed by atoms with Crippen LogP contribution in [-0.2, 0) is 11.2 Å². The smallest absolute Gasteiger partial charge is 0.220 e. The van der Waals surface area contributed by atoms with E-state index in [2.05, 4.69) is 31.1 Å². The van der Waals surface area contributed by atoms with Crippen LogP contribution in [0, 0.1) is 31.1 Å². The van der Waals surface area contributed by atoms with Crippen molar-refractivity contribution in [2.24, 2.45) is 17.3 Å². The molecule has 1 aliphatic carbocycles. The lowest BCUT2D eigenvalue weighted by Gasteiger charge is -2.36. The minimum Gasteiger partial charge on any atom is -0.446 e. The van der Waals surface area contributed by atoms with Crippen molar-refractivity contribution in [3.8, 4) is 0 Å². The number of nitrogens with one attached hydrogen (secondary N) is 1. The maximum Gasteiger partial charge on any atom is 0.220 e. The topological polar surface area (TPSA) is 55.1 Å². The second-order valence-corrected chi connectivity index (χ2v) is 8.12. The summed E-state index contributed by atoms with van der Waals surface area (Å²) in [5, 5.41) is 3.04. The summed E-state index contributed by atoms with van der Waals surface area (Å²) in [5.41, 5.74) is 1.36. The number of carbonyl (C=O) groups is 1. The zero-order valence-corrected chi connectivity index (χ0v) is 15.4. The molecule has 1 aromatic heterocycles. The Morgan fingerprint density at radius 2 is 1.87 bits per heavy atom. The number of hydrogen-bond donors (Lipinski definition) is 1. The summed E-state index contributed by atoms with van der Waals surface area (Å²) in [7, 11) is 0. The quantitative estimate of drug-likeness (QED) is 0.885. The van der Waals surface area contributed by atoms with Gasteiger partial charge in [0.2, 0.25) is 5.91 Å². The monoisotopic (exact) mass is 320 g/mol. The maximum atomic E-state index is 12.1. The zero-order chi connectivity index (χ0) is 17.0. The van der Waals surface area contributed by atoms with Crippen molar-refractivity contribution < 1.29 is 9.21 Å². The molecule has 0 aromatic carbocycles. The van der Waals surface area contributed by atoms with E-state index in [1.54, 1.807) is 0 Å². The molecule has 23 heavy (non-hydrogen) atoms. The summed E-state index contributed by atoms with van der Waals surface area (Å²) in [5.74, 6) is 3.10. The molecular weight excluding hydrogens is 288 g/mol. The third-order valence-electron chi connectivity index (χ3n) is 5.23. The van der Waals surface area contributed by atoms with Crippen LogP contribution in [0.1, 0.15) is 70.2 Å². The Morgan fingerprint density at radius 3 is 2.39 bits per heavy atom. The molecule has 4 heteroatoms. The number of oxazole rings is 1. The predicted octanol–water partition coefficient (Wildman–Crippen LogP) is 4.19. The van der Waals surface area contributed by atoms with E-state index >= 15 is 0 Å². The molecule has 1 fully saturated rings. The first-order chi connectivity index (χ1) is 10.8. The van der Waals surface area contributed by atoms with Crippen LogP contribution >= 0.6 is 0 Å². The molecule has 1 aliphatic rings. The minimum atomic E-state index is 0.182. The standard InChI is InChI=1S/C19H32N2O2/c1-13-17(21-14(2)23-13)10-11-20-18(22)12-15-6-8-16(9-7-15)19(3,4)5/h15-16H,6-12H2,1-5H3,(H,20,22). The maximum absolute atomic E-state index is 12.1. The third kappa shape index (κ3) is 5.36. The van der Waals surface area contributed by atoms with Gasteiger partial charge in [-0.1, -0.05) is 20.8 Å². The van der Waals surface area contributed by atoms with Crippen molar-refractivity contribution >= 4 is 5.91 Å². The molecule has 1 aromatic rings. The first-order valence-electron chi connectivity index (χ1n) is 8.95. The normalized spacial score (nSPS) is 22.1. The summed E-state index contributed by atoms with van der Waals surface area (Å²) >= 11 is 0. The summed E-state index contributed by atoms with van der Waals surface area (Å²) < 4.78 is 5.41. The molecule has 2 rings (SSSR count). The highest BCUT2D eigenvalue weighted by atomic mass is 16.4. The lowest BCUT2D eigenvalue weighted by molar-refractivity contribution is -0.122. The number of hydrogen-bond acceptors (Lipinski definition) is 3. The van der Waals surface area contributed by atoms with E-state index in [1.165, 1.54) is 25.7 Å². The Bertz CT molecular complexity index is 520. The van der Waals surface area contributed by atoms with Crippen molar-refractivity contribution in [2.45, 2.75) is 73.1 Å². The Kier molecular flexibility index (Phi) is 5.88. The largest absolute Gasteiger partial charge is 0.446 e. The highest BCUT2D eigenvalue weighted by Gasteiger charge is 2.30. The van der Waals surface area contributed by atoms with Crippen LogP contribution < -0.4 is 5.32 Å². The number of nitrogens with zero attached hydrogens (tertiary/aromatic N) is 1. The van der Waals surface area contributed by atoms with E-state index in [4.69, 9.17) is 4.42 Å². The molecule has 0 radical (unpaired) electrons. The molecule has 1 amide bonds. The van der Waals surface area contributed by atoms with E-state index in [0.717, 1.165) is 23.8 Å². The highest BCUT2D eigenvalue weighted by Crippen LogP contribution is 2.40. The van der Waals surface area contributed by atoms with Crippen LogP contribution in [0.5, 0.6) is 0 Å². The van der Waals surface area contributed by atoms with Gasteiger partial charge in [0.15, 0.2) is 5.89 Å². The van der Waals surface area contributed by atoms with Crippen LogP contribution in [-0.4, -0.2) is 17.4 Å². The SMILES string of the molecule is Cc1nc(CCNC(=O)CC2CCC(C(C)(C)C)CC2)c(C)o1. The van der Waals surface area contributed by atoms with Gasteiger partial charge in [-0.3, -0.25) is 4.79 Å². The van der Waals surface area contributed by atoms with Gasteiger partial charge in [0, 0.05) is 26.3 Å². The number of aryl methyl sites for hydroxylation is 2. The predicted molar refractivity (Wildman–Crippen MR) is 92.2 cm³/mol. The number of carbonyl (C=O) groups excluding carboxylic acids is 1. The lowest BCUT2D eigenvalue weighted by Crippen LogP contribution is -2.31. The first kappa shape index (κ1) is 18.0. The van der Waals surface area contributed by atoms with Crippen molar-refractivity contribution in [2.75, 3.05) is 6.54 Å². The zero-order valence-electron chi connectivity index (χ0n) is 15.4. The fourth-order valence-electron chi connectivity index (χ4n) is 3.69. The van der Waals surface area contributed by atoms with E-state index in [1.807, 2.05) is 13.8 Å². The molecule has 0 spiro atoms. The van der Waals surface area contributed by atoms with Gasteiger partial charge in [-0.2, -0.15) is 0 Å². The van der Waals surface area contributed by atoms with Crippen molar-refractivity contribution in [1.29, 1.82) is 0 Å². The average Bonchev–Trinajstić information content (AvgIpc) is 2.76. The Balaban J connectivity index is 1.67. The molecule has 0 unspecified atom stereocenters. The van der Waals surface area contributed by atoms with Gasteiger partial charge in [-0.05, 0) is 49.9 Å². The number of aromatic nitrogens is 1. The van der Waals surface area contributed by atoms with E-state index < -0.39 is 0 Å². The second kappa shape index (κ2) is 7.50. The van der Waals surface area contributed by atoms with Crippen molar-refractivity contribution in [3.63, 3.8) is 0 Å². The third-order valence-corrected chi connectivity index (χ3v) is 5.23. The number of amides is 1. The molecule has 1 saturated carbocycles. The molecule has 130 valence electrons. The van der Waals surface area contributed by atoms with E-state index in [-0.39, 0.29) is 5.91 Å². The van der Waals surface area contributed by atoms with Gasteiger partial charge < -0.3 is 9.73 Å². The molecule has 0 bridgehead atoms. The molecule has 4 nitrogen and oxygen atoms in total. The van der Waals surface area contributed by atoms with Crippen LogP contribution in [0.4, 0.5) is 0 Å². The van der Waals surface area contributed by atoms with Gasteiger partial charge >= 0.3 is 0 Å². The summed E-state index contributed by atoms with van der Waals surface area (Å²) in [6, 6.07) is 0. The Morgan fingerprint density at radius 1 is 1.22 bits per heavy atom. The Hall–Kier alpha value is -1.32. The van der Waals surface area contributed by atoms with Crippen molar-refractivity contribution in [3.05, 3.63) is 17.3 Å². The van der Waals surface area contributed by atoms with Crippen LogP contribution in [0.3, 0.4) is 0 Å². The van der Waals surface area contributed by atoms with E-state index in [9.17, 15) is 4.79 Å². The summed E-state index contributed by atoms with van der Waals surface area (Å²) in [6.07, 6.45) is 6.32. The van der Waals surface area contributed by atoms with Crippen LogP contribution in [0.15, 0.2) is 4.42 Å². The number of rotatable bonds is 5. The van der Waals surface area contributed by atoms with Gasteiger partial charge in [-0.25, -0.2) is 4.98 Å². The van der Waals surface area contributed by atoms with Crippen LogP contribution in [0.2, 0.25) is 0 Å². The Labute approximate surface area is 140 Å². The van der Waals surface area contributed by atoms with Gasteiger partial charge in [0.1, 0.15) is 5.76 Å². The molecule has 0 saturated heterocycles. The highest BCUT2D eigenvalue weighted by molar-refractivity contribution is 5.76. The van der Waals surface area contributed by atoms with Gasteiger partial charge in [0.05, 0.1) is 5.69 Å². The molecule has 0 aliphatic heterocycles. The van der Waals surface area contributed by atoms with Gasteiger partial charge in [-0.15, -0.1) is 0 Å². The second-order valence-electron chi connectivity index (χ2n) is 8.12. The summed E-state index contributed by atoms with van der Waals surface area (Å²) in [6.45, 7) is 11.4. The van der Waals surface area contributed by atoms with Gasteiger partial charge in [0.25, 0.3) is 0 Å². The fourth-order valence-corrected chi connectivity index (χ4v) is 3.69. The fraction of sp³-hybridized carbons (Fsp3) is 0.789. The molecule has 1 N–H and O–H groups in total. The molecule has 0 atom stereocenters. The van der Waals surface area contributed by atoms with E-state index in [0.29, 0.717) is 30.2 Å². The van der Waals surface area contributed by atoms with Crippen LogP contribution in [0.25, 0.3) is 0 Å². The summed E-state index contributed by atoms with van der Waals surface area (Å²) in [4.78, 5) is 16.5. The molecular formula is C19H32N2O2. The average molecular weight is 320 g/mol. The molecule has 1 heterocycles. The first-order valence-corrected chi connectivity index (χ1v) is 8.95. The lowest BCUT2D eigenvalue weighted by atomic mass is 9.69. The minimum absolute atomic E-state index is 0.182.